The quantitative estimate of drug-likeness (QED) is 0.0367. The molecule has 0 bridgehead atoms. The van der Waals surface area contributed by atoms with E-state index in [9.17, 15) is 33.9 Å². The van der Waals surface area contributed by atoms with E-state index >= 15 is 0 Å². The predicted octanol–water partition coefficient (Wildman–Crippen LogP) is -3.83. The third-order valence-electron chi connectivity index (χ3n) is 5.46. The lowest BCUT2D eigenvalue weighted by molar-refractivity contribution is -0.142. The van der Waals surface area contributed by atoms with Crippen LogP contribution in [0.1, 0.15) is 57.8 Å². The fraction of sp³-hybridized carbons (Fsp3) is 0.682. The fourth-order valence-electron chi connectivity index (χ4n) is 3.31. The SMILES string of the molecule is NCCCCC(NC(=O)C(CCC(N)=O)NC(=O)C(N)CCC(=O)O)C(=O)NC(CCCN=C(N)N)C(=O)O. The van der Waals surface area contributed by atoms with Crippen LogP contribution < -0.4 is 44.6 Å². The Kier molecular flexibility index (Phi) is 17.2. The summed E-state index contributed by atoms with van der Waals surface area (Å²) in [6.45, 7) is 0.463. The highest BCUT2D eigenvalue weighted by atomic mass is 16.4. The van der Waals surface area contributed by atoms with Gasteiger partial charge in [0.2, 0.25) is 23.6 Å². The number of guanidine groups is 1. The summed E-state index contributed by atoms with van der Waals surface area (Å²) < 4.78 is 0. The van der Waals surface area contributed by atoms with E-state index in [1.807, 2.05) is 0 Å². The molecule has 17 heteroatoms. The molecular weight excluding hydrogens is 518 g/mol. The summed E-state index contributed by atoms with van der Waals surface area (Å²) in [7, 11) is 0. The number of rotatable bonds is 21. The van der Waals surface area contributed by atoms with Crippen molar-refractivity contribution in [3.63, 3.8) is 0 Å². The number of nitrogens with zero attached hydrogens (tertiary/aromatic N) is 1. The third kappa shape index (κ3) is 16.5. The van der Waals surface area contributed by atoms with E-state index in [4.69, 9.17) is 33.8 Å². The molecule has 4 amide bonds. The van der Waals surface area contributed by atoms with E-state index in [-0.39, 0.29) is 57.5 Å². The summed E-state index contributed by atoms with van der Waals surface area (Å²) in [4.78, 5) is 75.9. The smallest absolute Gasteiger partial charge is 0.326 e. The molecule has 0 radical (unpaired) electrons. The number of hydrogen-bond donors (Lipinski definition) is 10. The lowest BCUT2D eigenvalue weighted by Gasteiger charge is -2.25. The van der Waals surface area contributed by atoms with Gasteiger partial charge in [-0.05, 0) is 51.5 Å². The average molecular weight is 560 g/mol. The highest BCUT2D eigenvalue weighted by molar-refractivity contribution is 5.94. The van der Waals surface area contributed by atoms with Crippen molar-refractivity contribution in [2.45, 2.75) is 82.0 Å². The summed E-state index contributed by atoms with van der Waals surface area (Å²) in [5, 5.41) is 25.5. The van der Waals surface area contributed by atoms with E-state index in [0.717, 1.165) is 0 Å². The predicted molar refractivity (Wildman–Crippen MR) is 140 cm³/mol. The van der Waals surface area contributed by atoms with Gasteiger partial charge in [-0.15, -0.1) is 0 Å². The number of carboxylic acid groups (broad SMARTS) is 2. The molecule has 15 N–H and O–H groups in total. The largest absolute Gasteiger partial charge is 0.481 e. The molecule has 0 aromatic carbocycles. The first kappa shape index (κ1) is 35.0. The van der Waals surface area contributed by atoms with E-state index in [0.29, 0.717) is 19.4 Å². The first-order valence-corrected chi connectivity index (χ1v) is 12.4. The molecule has 0 saturated heterocycles. The second kappa shape index (κ2) is 19.1. The molecule has 0 heterocycles. The van der Waals surface area contributed by atoms with Gasteiger partial charge in [0.1, 0.15) is 18.1 Å². The van der Waals surface area contributed by atoms with Crippen molar-refractivity contribution in [2.24, 2.45) is 33.7 Å². The number of carbonyl (C=O) groups excluding carboxylic acids is 4. The molecule has 39 heavy (non-hydrogen) atoms. The minimum Gasteiger partial charge on any atom is -0.481 e. The Labute approximate surface area is 225 Å². The Morgan fingerprint density at radius 1 is 0.692 bits per heavy atom. The first-order valence-electron chi connectivity index (χ1n) is 12.4. The van der Waals surface area contributed by atoms with Crippen LogP contribution in [0.25, 0.3) is 0 Å². The zero-order valence-electron chi connectivity index (χ0n) is 21.8. The van der Waals surface area contributed by atoms with Gasteiger partial charge >= 0.3 is 11.9 Å². The third-order valence-corrected chi connectivity index (χ3v) is 5.46. The van der Waals surface area contributed by atoms with Gasteiger partial charge in [-0.25, -0.2) is 4.79 Å². The van der Waals surface area contributed by atoms with Crippen LogP contribution in [0.2, 0.25) is 0 Å². The Balaban J connectivity index is 5.56. The van der Waals surface area contributed by atoms with Gasteiger partial charge in [-0.2, -0.15) is 0 Å². The molecule has 0 aromatic heterocycles. The van der Waals surface area contributed by atoms with Gasteiger partial charge in [0.25, 0.3) is 0 Å². The maximum atomic E-state index is 13.0. The van der Waals surface area contributed by atoms with Crippen molar-refractivity contribution in [1.82, 2.24) is 16.0 Å². The molecule has 4 unspecified atom stereocenters. The zero-order chi connectivity index (χ0) is 30.0. The molecular formula is C22H41N9O8. The second-order valence-electron chi connectivity index (χ2n) is 8.80. The Morgan fingerprint density at radius 2 is 1.23 bits per heavy atom. The van der Waals surface area contributed by atoms with Gasteiger partial charge in [0, 0.05) is 19.4 Å². The minimum atomic E-state index is -1.33. The average Bonchev–Trinajstić information content (AvgIpc) is 2.85. The monoisotopic (exact) mass is 559 g/mol. The number of carboxylic acids is 2. The van der Waals surface area contributed by atoms with Crippen LogP contribution in [0.3, 0.4) is 0 Å². The number of aliphatic imine (C=N–C) groups is 1. The van der Waals surface area contributed by atoms with Crippen LogP contribution in [0.4, 0.5) is 0 Å². The number of nitrogens with two attached hydrogens (primary N) is 5. The van der Waals surface area contributed by atoms with Gasteiger partial charge in [-0.1, -0.05) is 0 Å². The lowest BCUT2D eigenvalue weighted by atomic mass is 10.0. The van der Waals surface area contributed by atoms with Gasteiger partial charge in [-0.3, -0.25) is 29.0 Å². The van der Waals surface area contributed by atoms with Crippen molar-refractivity contribution in [3.8, 4) is 0 Å². The Morgan fingerprint density at radius 3 is 1.74 bits per heavy atom. The van der Waals surface area contributed by atoms with Crippen molar-refractivity contribution in [1.29, 1.82) is 0 Å². The molecule has 0 fully saturated rings. The van der Waals surface area contributed by atoms with Gasteiger partial charge in [0.05, 0.1) is 6.04 Å². The van der Waals surface area contributed by atoms with Crippen LogP contribution in [0, 0.1) is 0 Å². The molecule has 0 aliphatic heterocycles. The zero-order valence-corrected chi connectivity index (χ0v) is 21.8. The summed E-state index contributed by atoms with van der Waals surface area (Å²) in [6.07, 6.45) is 0.194. The Bertz CT molecular complexity index is 880. The van der Waals surface area contributed by atoms with E-state index in [2.05, 4.69) is 20.9 Å². The molecule has 17 nitrogen and oxygen atoms in total. The molecule has 0 aliphatic carbocycles. The van der Waals surface area contributed by atoms with E-state index in [1.54, 1.807) is 0 Å². The maximum Gasteiger partial charge on any atom is 0.326 e. The number of hydrogen-bond acceptors (Lipinski definition) is 9. The summed E-state index contributed by atoms with van der Waals surface area (Å²) >= 11 is 0. The highest BCUT2D eigenvalue weighted by Gasteiger charge is 2.30. The number of unbranched alkanes of at least 4 members (excludes halogenated alkanes) is 1. The number of aliphatic carboxylic acids is 2. The maximum absolute atomic E-state index is 13.0. The number of nitrogens with one attached hydrogen (secondary N) is 3. The van der Waals surface area contributed by atoms with E-state index < -0.39 is 59.7 Å². The van der Waals surface area contributed by atoms with Gasteiger partial charge < -0.3 is 54.8 Å². The summed E-state index contributed by atoms with van der Waals surface area (Å²) in [6, 6.07) is -5.07. The standard InChI is InChI=1S/C22H41N9O8/c23-10-2-1-4-13(19(36)31-15(21(38)39)5-3-11-28-22(26)27)30-20(37)14(7-8-16(25)32)29-18(35)12(24)6-9-17(33)34/h12-15H,1-11,23-24H2,(H2,25,32)(H,29,35)(H,30,37)(H,31,36)(H,33,34)(H,38,39)(H4,26,27,28). The van der Waals surface area contributed by atoms with Crippen LogP contribution in [0.5, 0.6) is 0 Å². The lowest BCUT2D eigenvalue weighted by Crippen LogP contribution is -2.57. The fourth-order valence-corrected chi connectivity index (χ4v) is 3.31. The molecule has 0 spiro atoms. The Hall–Kier alpha value is -3.99. The topological polar surface area (TPSA) is 321 Å². The van der Waals surface area contributed by atoms with Crippen molar-refractivity contribution >= 4 is 41.5 Å². The molecule has 0 saturated carbocycles. The van der Waals surface area contributed by atoms with Crippen LogP contribution in [-0.2, 0) is 28.8 Å². The van der Waals surface area contributed by atoms with Crippen molar-refractivity contribution < 1.29 is 39.0 Å². The summed E-state index contributed by atoms with van der Waals surface area (Å²) in [5.41, 5.74) is 26.9. The molecule has 0 aromatic rings. The van der Waals surface area contributed by atoms with Crippen molar-refractivity contribution in [2.75, 3.05) is 13.1 Å². The van der Waals surface area contributed by atoms with Gasteiger partial charge in [0.15, 0.2) is 5.96 Å². The summed E-state index contributed by atoms with van der Waals surface area (Å²) in [5.74, 6) is -5.84. The second-order valence-corrected chi connectivity index (χ2v) is 8.80. The number of primary amides is 1. The van der Waals surface area contributed by atoms with Crippen LogP contribution in [0.15, 0.2) is 4.99 Å². The molecule has 0 rings (SSSR count). The molecule has 4 atom stereocenters. The van der Waals surface area contributed by atoms with Crippen molar-refractivity contribution in [3.05, 3.63) is 0 Å². The normalized spacial score (nSPS) is 13.7. The van der Waals surface area contributed by atoms with Crippen LogP contribution in [-0.4, -0.2) is 89.0 Å². The van der Waals surface area contributed by atoms with Crippen LogP contribution >= 0.6 is 0 Å². The number of carbonyl (C=O) groups is 6. The molecule has 0 aliphatic rings. The van der Waals surface area contributed by atoms with E-state index in [1.165, 1.54) is 0 Å². The highest BCUT2D eigenvalue weighted by Crippen LogP contribution is 2.07. The molecule has 222 valence electrons. The first-order chi connectivity index (χ1) is 18.3. The number of amides is 4. The minimum absolute atomic E-state index is 0.00679.